The molecule has 2 aromatic heterocycles. The molecule has 0 aliphatic carbocycles. The van der Waals surface area contributed by atoms with Gasteiger partial charge in [-0.2, -0.15) is 0 Å². The van der Waals surface area contributed by atoms with Crippen LogP contribution in [0.2, 0.25) is 0 Å². The predicted octanol–water partition coefficient (Wildman–Crippen LogP) is -0.394. The predicted molar refractivity (Wildman–Crippen MR) is 49.8 cm³/mol. The van der Waals surface area contributed by atoms with Crippen LogP contribution in [-0.4, -0.2) is 33.7 Å². The van der Waals surface area contributed by atoms with Crippen LogP contribution in [0.5, 0.6) is 0 Å². The van der Waals surface area contributed by atoms with E-state index in [-0.39, 0.29) is 0 Å². The number of imidazole rings is 1. The van der Waals surface area contributed by atoms with E-state index in [1.807, 2.05) is 19.1 Å². The lowest BCUT2D eigenvalue weighted by atomic mass is 10.5. The topological polar surface area (TPSA) is 72.9 Å². The second kappa shape index (κ2) is 2.58. The molecule has 0 radical (unpaired) electrons. The van der Waals surface area contributed by atoms with Crippen molar-refractivity contribution in [2.24, 2.45) is 0 Å². The average Bonchev–Trinajstić information content (AvgIpc) is 2.48. The van der Waals surface area contributed by atoms with Crippen LogP contribution in [0.4, 0.5) is 5.82 Å². The summed E-state index contributed by atoms with van der Waals surface area (Å²) in [6, 6.07) is 0. The van der Waals surface area contributed by atoms with Crippen LogP contribution in [0, 0.1) is 0 Å². The molecule has 0 amide bonds. The van der Waals surface area contributed by atoms with Crippen LogP contribution in [0.1, 0.15) is 0 Å². The fraction of sp³-hybridized carbons (Fsp3) is 0.286. The summed E-state index contributed by atoms with van der Waals surface area (Å²) in [5.41, 5.74) is 6.98. The lowest BCUT2D eigenvalue weighted by Gasteiger charge is -2.12. The summed E-state index contributed by atoms with van der Waals surface area (Å²) in [4.78, 5) is 12.1. The van der Waals surface area contributed by atoms with Gasteiger partial charge < -0.3 is 10.7 Å². The molecule has 0 unspecified atom stereocenters. The van der Waals surface area contributed by atoms with Crippen molar-refractivity contribution in [2.45, 2.75) is 0 Å². The van der Waals surface area contributed by atoms with E-state index < -0.39 is 0 Å². The van der Waals surface area contributed by atoms with Crippen LogP contribution >= 0.6 is 0 Å². The number of rotatable bonds is 1. The average molecular weight is 178 g/mol. The van der Waals surface area contributed by atoms with E-state index in [0.29, 0.717) is 11.3 Å². The molecule has 6 heteroatoms. The maximum absolute atomic E-state index is 5.62. The van der Waals surface area contributed by atoms with E-state index in [4.69, 9.17) is 5.73 Å². The normalized spacial score (nSPS) is 10.6. The van der Waals surface area contributed by atoms with Crippen molar-refractivity contribution in [3.63, 3.8) is 0 Å². The van der Waals surface area contributed by atoms with Crippen molar-refractivity contribution in [3.05, 3.63) is 12.7 Å². The van der Waals surface area contributed by atoms with E-state index in [1.54, 1.807) is 11.0 Å². The minimum atomic E-state index is 0.408. The summed E-state index contributed by atoms with van der Waals surface area (Å²) in [6.07, 6.45) is 3.09. The fourth-order valence-electron chi connectivity index (χ4n) is 1.13. The standard InChI is InChI=1S/C7H10N6/c1-12(2)13-4-11-5-6(8)9-3-10-7(5)13/h3-4H,1-2H3,(H2,8,9,10). The molecule has 0 bridgehead atoms. The van der Waals surface area contributed by atoms with Crippen LogP contribution in [-0.2, 0) is 0 Å². The number of hydrogen-bond donors (Lipinski definition) is 1. The molecule has 0 saturated heterocycles. The van der Waals surface area contributed by atoms with Crippen LogP contribution in [0.15, 0.2) is 12.7 Å². The summed E-state index contributed by atoms with van der Waals surface area (Å²) in [6.45, 7) is 0. The van der Waals surface area contributed by atoms with Gasteiger partial charge in [-0.3, -0.25) is 0 Å². The van der Waals surface area contributed by atoms with E-state index in [9.17, 15) is 0 Å². The lowest BCUT2D eigenvalue weighted by molar-refractivity contribution is 0.745. The summed E-state index contributed by atoms with van der Waals surface area (Å²) in [5.74, 6) is 0.408. The Balaban J connectivity index is 2.75. The highest BCUT2D eigenvalue weighted by Crippen LogP contribution is 2.13. The molecule has 0 atom stereocenters. The van der Waals surface area contributed by atoms with Gasteiger partial charge in [0.2, 0.25) is 0 Å². The van der Waals surface area contributed by atoms with Gasteiger partial charge in [-0.05, 0) is 0 Å². The van der Waals surface area contributed by atoms with Crippen LogP contribution in [0.3, 0.4) is 0 Å². The van der Waals surface area contributed by atoms with Crippen molar-refractivity contribution < 1.29 is 0 Å². The fourth-order valence-corrected chi connectivity index (χ4v) is 1.13. The summed E-state index contributed by atoms with van der Waals surface area (Å²) in [5, 5.41) is 1.86. The Bertz CT molecular complexity index is 431. The Morgan fingerprint density at radius 2 is 2.08 bits per heavy atom. The number of anilines is 1. The Hall–Kier alpha value is -1.85. The van der Waals surface area contributed by atoms with Crippen molar-refractivity contribution in [2.75, 3.05) is 24.8 Å². The first-order chi connectivity index (χ1) is 6.20. The molecule has 0 aliphatic heterocycles. The molecule has 68 valence electrons. The number of nitrogen functional groups attached to an aromatic ring is 1. The largest absolute Gasteiger partial charge is 0.382 e. The second-order valence-corrected chi connectivity index (χ2v) is 2.87. The van der Waals surface area contributed by atoms with Gasteiger partial charge in [-0.25, -0.2) is 19.6 Å². The third-order valence-electron chi connectivity index (χ3n) is 1.78. The van der Waals surface area contributed by atoms with Gasteiger partial charge in [0, 0.05) is 14.1 Å². The molecule has 2 aromatic rings. The third kappa shape index (κ3) is 1.07. The first-order valence-electron chi connectivity index (χ1n) is 3.81. The summed E-state index contributed by atoms with van der Waals surface area (Å²) >= 11 is 0. The van der Waals surface area contributed by atoms with Gasteiger partial charge in [0.15, 0.2) is 17.0 Å². The quantitative estimate of drug-likeness (QED) is 0.643. The number of nitrogens with zero attached hydrogens (tertiary/aromatic N) is 5. The monoisotopic (exact) mass is 178 g/mol. The molecule has 6 nitrogen and oxygen atoms in total. The van der Waals surface area contributed by atoms with Crippen LogP contribution in [0.25, 0.3) is 11.2 Å². The lowest BCUT2D eigenvalue weighted by Crippen LogP contribution is -2.23. The first kappa shape index (κ1) is 7.78. The van der Waals surface area contributed by atoms with Gasteiger partial charge in [-0.1, -0.05) is 0 Å². The number of aromatic nitrogens is 4. The minimum absolute atomic E-state index is 0.408. The smallest absolute Gasteiger partial charge is 0.184 e. The zero-order valence-electron chi connectivity index (χ0n) is 7.47. The second-order valence-electron chi connectivity index (χ2n) is 2.87. The highest BCUT2D eigenvalue weighted by atomic mass is 15.5. The Morgan fingerprint density at radius 1 is 1.31 bits per heavy atom. The zero-order valence-corrected chi connectivity index (χ0v) is 7.47. The van der Waals surface area contributed by atoms with Crippen LogP contribution < -0.4 is 10.7 Å². The van der Waals surface area contributed by atoms with Crippen molar-refractivity contribution in [1.82, 2.24) is 19.6 Å². The first-order valence-corrected chi connectivity index (χ1v) is 3.81. The Kier molecular flexibility index (Phi) is 1.54. The van der Waals surface area contributed by atoms with Gasteiger partial charge in [0.05, 0.1) is 0 Å². The number of hydrogen-bond acceptors (Lipinski definition) is 5. The van der Waals surface area contributed by atoms with E-state index in [2.05, 4.69) is 15.0 Å². The summed E-state index contributed by atoms with van der Waals surface area (Å²) < 4.78 is 1.80. The number of nitrogens with two attached hydrogens (primary N) is 1. The maximum atomic E-state index is 5.62. The van der Waals surface area contributed by atoms with Gasteiger partial charge in [-0.15, -0.1) is 0 Å². The summed E-state index contributed by atoms with van der Waals surface area (Å²) in [7, 11) is 3.80. The molecule has 2 N–H and O–H groups in total. The molecule has 2 heterocycles. The highest BCUT2D eigenvalue weighted by Gasteiger charge is 2.07. The molecule has 0 spiro atoms. The van der Waals surface area contributed by atoms with Gasteiger partial charge in [0.1, 0.15) is 12.7 Å². The van der Waals surface area contributed by atoms with Crippen molar-refractivity contribution in [1.29, 1.82) is 0 Å². The van der Waals surface area contributed by atoms with Crippen molar-refractivity contribution >= 4 is 17.0 Å². The number of fused-ring (bicyclic) bond motifs is 1. The molecule has 13 heavy (non-hydrogen) atoms. The third-order valence-corrected chi connectivity index (χ3v) is 1.78. The molecular weight excluding hydrogens is 168 g/mol. The Labute approximate surface area is 75.0 Å². The molecule has 0 saturated carbocycles. The maximum Gasteiger partial charge on any atom is 0.184 e. The highest BCUT2D eigenvalue weighted by molar-refractivity contribution is 5.81. The Morgan fingerprint density at radius 3 is 2.77 bits per heavy atom. The van der Waals surface area contributed by atoms with E-state index in [1.165, 1.54) is 6.33 Å². The zero-order chi connectivity index (χ0) is 9.42. The SMILES string of the molecule is CN(C)n1cnc2c(N)ncnc21. The van der Waals surface area contributed by atoms with E-state index in [0.717, 1.165) is 5.65 Å². The molecule has 0 fully saturated rings. The molecule has 0 aliphatic rings. The molecule has 0 aromatic carbocycles. The molecule has 2 rings (SSSR count). The molecular formula is C7H10N6. The van der Waals surface area contributed by atoms with Gasteiger partial charge in [0.25, 0.3) is 0 Å². The van der Waals surface area contributed by atoms with Crippen molar-refractivity contribution in [3.8, 4) is 0 Å². The van der Waals surface area contributed by atoms with E-state index >= 15 is 0 Å². The van der Waals surface area contributed by atoms with Gasteiger partial charge >= 0.3 is 0 Å². The minimum Gasteiger partial charge on any atom is -0.382 e.